The summed E-state index contributed by atoms with van der Waals surface area (Å²) >= 11 is 0. The molecule has 1 saturated heterocycles. The lowest BCUT2D eigenvalue weighted by atomic mass is 9.99. The van der Waals surface area contributed by atoms with E-state index in [0.29, 0.717) is 17.0 Å². The van der Waals surface area contributed by atoms with Crippen molar-refractivity contribution in [3.8, 4) is 0 Å². The number of rotatable bonds is 3. The second-order valence-corrected chi connectivity index (χ2v) is 7.76. The van der Waals surface area contributed by atoms with Crippen molar-refractivity contribution in [3.63, 3.8) is 0 Å². The molecule has 24 heavy (non-hydrogen) atoms. The highest BCUT2D eigenvalue weighted by Crippen LogP contribution is 2.32. The minimum Gasteiger partial charge on any atom is -0.353 e. The zero-order valence-corrected chi connectivity index (χ0v) is 14.6. The average Bonchev–Trinajstić information content (AvgIpc) is 2.87. The number of hydrogen-bond acceptors (Lipinski definition) is 4. The van der Waals surface area contributed by atoms with Crippen LogP contribution in [0.25, 0.3) is 0 Å². The third-order valence-corrected chi connectivity index (χ3v) is 6.41. The number of nitrogens with zero attached hydrogens (tertiary/aromatic N) is 2. The number of benzene rings is 1. The molecule has 1 aliphatic heterocycles. The van der Waals surface area contributed by atoms with Gasteiger partial charge in [-0.15, -0.1) is 0 Å². The number of hydrogen-bond donors (Lipinski definition) is 2. The Labute approximate surface area is 141 Å². The third kappa shape index (κ3) is 2.61. The first-order valence-corrected chi connectivity index (χ1v) is 9.14. The zero-order valence-electron chi connectivity index (χ0n) is 13.8. The molecule has 2 aromatic rings. The van der Waals surface area contributed by atoms with Crippen LogP contribution in [0, 0.1) is 20.8 Å². The molecule has 2 heterocycles. The maximum absolute atomic E-state index is 13.2. The van der Waals surface area contributed by atoms with Crippen molar-refractivity contribution in [3.05, 3.63) is 46.8 Å². The van der Waals surface area contributed by atoms with Crippen molar-refractivity contribution < 1.29 is 13.2 Å². The van der Waals surface area contributed by atoms with Gasteiger partial charge in [0.05, 0.1) is 11.4 Å². The summed E-state index contributed by atoms with van der Waals surface area (Å²) in [5.74, 6) is -0.307. The smallest absolute Gasteiger partial charge is 0.247 e. The number of piperazine rings is 1. The Morgan fingerprint density at radius 1 is 1.21 bits per heavy atom. The van der Waals surface area contributed by atoms with Gasteiger partial charge in [0.1, 0.15) is 10.9 Å². The van der Waals surface area contributed by atoms with Gasteiger partial charge in [-0.1, -0.05) is 24.3 Å². The summed E-state index contributed by atoms with van der Waals surface area (Å²) in [5.41, 5.74) is 2.45. The number of nitrogens with one attached hydrogen (secondary N) is 2. The molecule has 0 aliphatic carbocycles. The summed E-state index contributed by atoms with van der Waals surface area (Å²) in [6.07, 6.45) is 0. The molecule has 3 rings (SSSR count). The van der Waals surface area contributed by atoms with E-state index in [-0.39, 0.29) is 23.9 Å². The number of carbonyl (C=O) groups excluding carboxylic acids is 1. The van der Waals surface area contributed by atoms with Crippen molar-refractivity contribution in [2.24, 2.45) is 0 Å². The fraction of sp³-hybridized carbons (Fsp3) is 0.375. The quantitative estimate of drug-likeness (QED) is 0.871. The predicted octanol–water partition coefficient (Wildman–Crippen LogP) is 1.20. The number of aryl methyl sites for hydroxylation is 3. The number of aromatic amines is 1. The van der Waals surface area contributed by atoms with Crippen molar-refractivity contribution in [1.29, 1.82) is 0 Å². The molecule has 1 aromatic carbocycles. The van der Waals surface area contributed by atoms with Gasteiger partial charge in [0.15, 0.2) is 0 Å². The minimum atomic E-state index is -3.85. The van der Waals surface area contributed by atoms with E-state index in [9.17, 15) is 13.2 Å². The Hall–Kier alpha value is -2.19. The molecule has 1 fully saturated rings. The molecule has 7 nitrogen and oxygen atoms in total. The number of aromatic nitrogens is 2. The van der Waals surface area contributed by atoms with Crippen LogP contribution in [-0.4, -0.2) is 41.9 Å². The van der Waals surface area contributed by atoms with Crippen LogP contribution in [0.4, 0.5) is 0 Å². The highest BCUT2D eigenvalue weighted by Gasteiger charge is 2.41. The Bertz CT molecular complexity index is 869. The molecule has 2 N–H and O–H groups in total. The first-order valence-electron chi connectivity index (χ1n) is 7.70. The van der Waals surface area contributed by atoms with Gasteiger partial charge in [-0.25, -0.2) is 8.42 Å². The second kappa shape index (κ2) is 6.03. The van der Waals surface area contributed by atoms with Crippen LogP contribution in [0.15, 0.2) is 29.2 Å². The third-order valence-electron chi connectivity index (χ3n) is 4.28. The van der Waals surface area contributed by atoms with E-state index in [0.717, 1.165) is 5.56 Å². The normalized spacial score (nSPS) is 19.3. The van der Waals surface area contributed by atoms with Crippen LogP contribution >= 0.6 is 0 Å². The maximum atomic E-state index is 13.2. The molecule has 0 spiro atoms. The topological polar surface area (TPSA) is 95.2 Å². The molecule has 8 heteroatoms. The van der Waals surface area contributed by atoms with E-state index in [1.165, 1.54) is 4.31 Å². The zero-order chi connectivity index (χ0) is 17.5. The molecule has 1 aliphatic rings. The largest absolute Gasteiger partial charge is 0.353 e. The lowest BCUT2D eigenvalue weighted by molar-refractivity contribution is -0.126. The van der Waals surface area contributed by atoms with Gasteiger partial charge in [-0.3, -0.25) is 9.89 Å². The minimum absolute atomic E-state index is 0.149. The van der Waals surface area contributed by atoms with Crippen LogP contribution in [-0.2, 0) is 14.8 Å². The molecule has 1 unspecified atom stereocenters. The molecule has 1 aromatic heterocycles. The predicted molar refractivity (Wildman–Crippen MR) is 88.9 cm³/mol. The number of H-pyrrole nitrogens is 1. The highest BCUT2D eigenvalue weighted by molar-refractivity contribution is 7.89. The Balaban J connectivity index is 2.14. The van der Waals surface area contributed by atoms with Gasteiger partial charge in [-0.2, -0.15) is 9.40 Å². The first-order chi connectivity index (χ1) is 11.3. The first kappa shape index (κ1) is 16.7. The van der Waals surface area contributed by atoms with E-state index in [1.807, 2.05) is 25.1 Å². The molecule has 1 atom stereocenters. The van der Waals surface area contributed by atoms with Crippen LogP contribution < -0.4 is 5.32 Å². The highest BCUT2D eigenvalue weighted by atomic mass is 32.2. The molecule has 128 valence electrons. The fourth-order valence-corrected chi connectivity index (χ4v) is 5.04. The molecule has 0 radical (unpaired) electrons. The summed E-state index contributed by atoms with van der Waals surface area (Å²) in [7, 11) is -3.85. The summed E-state index contributed by atoms with van der Waals surface area (Å²) in [6.45, 7) is 5.69. The summed E-state index contributed by atoms with van der Waals surface area (Å²) < 4.78 is 27.7. The van der Waals surface area contributed by atoms with E-state index in [2.05, 4.69) is 15.5 Å². The number of amides is 1. The van der Waals surface area contributed by atoms with Gasteiger partial charge < -0.3 is 5.32 Å². The summed E-state index contributed by atoms with van der Waals surface area (Å²) in [6, 6.07) is 6.46. The van der Waals surface area contributed by atoms with Gasteiger partial charge in [0, 0.05) is 13.1 Å². The second-order valence-electron chi connectivity index (χ2n) is 5.93. The maximum Gasteiger partial charge on any atom is 0.247 e. The lowest BCUT2D eigenvalue weighted by Crippen LogP contribution is -2.52. The monoisotopic (exact) mass is 348 g/mol. The van der Waals surface area contributed by atoms with E-state index < -0.39 is 16.1 Å². The number of carbonyl (C=O) groups is 1. The van der Waals surface area contributed by atoms with Crippen molar-refractivity contribution in [1.82, 2.24) is 19.8 Å². The molecular formula is C16H20N4O3S. The van der Waals surface area contributed by atoms with Crippen LogP contribution in [0.5, 0.6) is 0 Å². The van der Waals surface area contributed by atoms with E-state index in [4.69, 9.17) is 0 Å². The summed E-state index contributed by atoms with van der Waals surface area (Å²) in [4.78, 5) is 12.7. The van der Waals surface area contributed by atoms with Crippen molar-refractivity contribution in [2.75, 3.05) is 13.1 Å². The van der Waals surface area contributed by atoms with Crippen LogP contribution in [0.3, 0.4) is 0 Å². The number of sulfonamides is 1. The molecule has 0 saturated carbocycles. The summed E-state index contributed by atoms with van der Waals surface area (Å²) in [5, 5.41) is 9.45. The Kier molecular flexibility index (Phi) is 4.18. The van der Waals surface area contributed by atoms with Gasteiger partial charge in [0.25, 0.3) is 0 Å². The van der Waals surface area contributed by atoms with E-state index in [1.54, 1.807) is 19.9 Å². The van der Waals surface area contributed by atoms with E-state index >= 15 is 0 Å². The van der Waals surface area contributed by atoms with Gasteiger partial charge in [0.2, 0.25) is 15.9 Å². The lowest BCUT2D eigenvalue weighted by Gasteiger charge is -2.35. The van der Waals surface area contributed by atoms with Crippen molar-refractivity contribution >= 4 is 15.9 Å². The molecular weight excluding hydrogens is 328 g/mol. The average molecular weight is 348 g/mol. The molecule has 0 bridgehead atoms. The SMILES string of the molecule is Cc1ccccc1C1C(=O)NCCN1S(=O)(=O)c1c(C)n[nH]c1C. The standard InChI is InChI=1S/C16H20N4O3S/c1-10-6-4-5-7-13(10)14-16(21)17-8-9-20(14)24(22,23)15-11(2)18-19-12(15)3/h4-7,14H,8-9H2,1-3H3,(H,17,21)(H,18,19). The van der Waals surface area contributed by atoms with Gasteiger partial charge >= 0.3 is 0 Å². The Morgan fingerprint density at radius 2 is 1.92 bits per heavy atom. The molecule has 1 amide bonds. The fourth-order valence-electron chi connectivity index (χ4n) is 3.13. The van der Waals surface area contributed by atoms with Crippen LogP contribution in [0.1, 0.15) is 28.6 Å². The van der Waals surface area contributed by atoms with Crippen LogP contribution in [0.2, 0.25) is 0 Å². The van der Waals surface area contributed by atoms with Crippen molar-refractivity contribution in [2.45, 2.75) is 31.7 Å². The Morgan fingerprint density at radius 3 is 2.54 bits per heavy atom. The van der Waals surface area contributed by atoms with Gasteiger partial charge in [-0.05, 0) is 31.9 Å².